The Bertz CT molecular complexity index is 449. The van der Waals surface area contributed by atoms with Crippen LogP contribution in [0.4, 0.5) is 5.82 Å². The van der Waals surface area contributed by atoms with Crippen LogP contribution in [0, 0.1) is 0 Å². The van der Waals surface area contributed by atoms with Crippen LogP contribution in [0.5, 0.6) is 0 Å². The Labute approximate surface area is 118 Å². The topological polar surface area (TPSA) is 80.3 Å². The molecule has 20 heavy (non-hydrogen) atoms. The van der Waals surface area contributed by atoms with Crippen molar-refractivity contribution in [1.82, 2.24) is 10.3 Å². The summed E-state index contributed by atoms with van der Waals surface area (Å²) in [6, 6.07) is 3.32. The first kappa shape index (κ1) is 15.9. The van der Waals surface area contributed by atoms with E-state index in [2.05, 4.69) is 15.6 Å². The van der Waals surface area contributed by atoms with Gasteiger partial charge in [-0.15, -0.1) is 0 Å². The van der Waals surface area contributed by atoms with Crippen molar-refractivity contribution in [3.63, 3.8) is 0 Å². The number of pyridine rings is 1. The number of carbonyl (C=O) groups is 2. The first-order chi connectivity index (χ1) is 9.69. The summed E-state index contributed by atoms with van der Waals surface area (Å²) in [4.78, 5) is 27.3. The van der Waals surface area contributed by atoms with E-state index in [-0.39, 0.29) is 5.91 Å². The zero-order chi connectivity index (χ0) is 14.8. The lowest BCUT2D eigenvalue weighted by atomic mass is 10.2. The summed E-state index contributed by atoms with van der Waals surface area (Å²) in [5.41, 5.74) is 0.378. The lowest BCUT2D eigenvalue weighted by Gasteiger charge is -2.10. The van der Waals surface area contributed by atoms with E-state index in [1.54, 1.807) is 25.3 Å². The van der Waals surface area contributed by atoms with Crippen LogP contribution in [0.15, 0.2) is 18.3 Å². The summed E-state index contributed by atoms with van der Waals surface area (Å²) in [6.07, 6.45) is 2.83. The Morgan fingerprint density at radius 3 is 2.80 bits per heavy atom. The molecule has 6 heteroatoms. The van der Waals surface area contributed by atoms with E-state index in [0.29, 0.717) is 37.5 Å². The molecule has 0 atom stereocenters. The minimum absolute atomic E-state index is 0.0204. The number of esters is 1. The molecule has 0 saturated heterocycles. The minimum atomic E-state index is -0.418. The maximum atomic E-state index is 11.7. The first-order valence-electron chi connectivity index (χ1n) is 6.81. The van der Waals surface area contributed by atoms with Crippen molar-refractivity contribution < 1.29 is 14.3 Å². The van der Waals surface area contributed by atoms with Crippen molar-refractivity contribution in [1.29, 1.82) is 0 Å². The minimum Gasteiger partial charge on any atom is -0.462 e. The molecular formula is C14H21N3O3. The van der Waals surface area contributed by atoms with Crippen molar-refractivity contribution in [2.24, 2.45) is 0 Å². The van der Waals surface area contributed by atoms with Crippen molar-refractivity contribution in [2.75, 3.05) is 25.0 Å². The summed E-state index contributed by atoms with van der Waals surface area (Å²) in [6.45, 7) is 5.15. The Hall–Kier alpha value is -2.11. The zero-order valence-corrected chi connectivity index (χ0v) is 11.9. The zero-order valence-electron chi connectivity index (χ0n) is 11.9. The van der Waals surface area contributed by atoms with Crippen molar-refractivity contribution in [3.8, 4) is 0 Å². The van der Waals surface area contributed by atoms with Gasteiger partial charge in [0, 0.05) is 25.7 Å². The van der Waals surface area contributed by atoms with E-state index >= 15 is 0 Å². The van der Waals surface area contributed by atoms with Gasteiger partial charge < -0.3 is 15.4 Å². The SMILES string of the molecule is CCCNC(=O)CCNc1ncccc1C(=O)OCC. The second-order valence-corrected chi connectivity index (χ2v) is 4.15. The molecule has 0 fully saturated rings. The number of carbonyl (C=O) groups excluding carboxylic acids is 2. The summed E-state index contributed by atoms with van der Waals surface area (Å²) in [5, 5.41) is 5.77. The van der Waals surface area contributed by atoms with E-state index in [9.17, 15) is 9.59 Å². The van der Waals surface area contributed by atoms with Crippen LogP contribution in [-0.4, -0.2) is 36.6 Å². The monoisotopic (exact) mass is 279 g/mol. The molecule has 0 aromatic carbocycles. The molecule has 1 amide bonds. The summed E-state index contributed by atoms with van der Waals surface area (Å²) >= 11 is 0. The van der Waals surface area contributed by atoms with Crippen molar-refractivity contribution in [2.45, 2.75) is 26.7 Å². The second-order valence-electron chi connectivity index (χ2n) is 4.15. The van der Waals surface area contributed by atoms with Crippen LogP contribution < -0.4 is 10.6 Å². The third-order valence-electron chi connectivity index (χ3n) is 2.52. The van der Waals surface area contributed by atoms with Crippen LogP contribution in [0.3, 0.4) is 0 Å². The standard InChI is InChI=1S/C14H21N3O3/c1-3-8-15-12(18)7-10-17-13-11(6-5-9-16-13)14(19)20-4-2/h5-6,9H,3-4,7-8,10H2,1-2H3,(H,15,18)(H,16,17). The molecule has 0 unspecified atom stereocenters. The van der Waals surface area contributed by atoms with Gasteiger partial charge in [0.05, 0.1) is 6.61 Å². The third kappa shape index (κ3) is 5.26. The molecule has 6 nitrogen and oxygen atoms in total. The number of aromatic nitrogens is 1. The molecule has 1 aromatic heterocycles. The first-order valence-corrected chi connectivity index (χ1v) is 6.81. The van der Waals surface area contributed by atoms with Gasteiger partial charge in [0.1, 0.15) is 11.4 Å². The fourth-order valence-corrected chi connectivity index (χ4v) is 1.57. The van der Waals surface area contributed by atoms with E-state index in [0.717, 1.165) is 6.42 Å². The van der Waals surface area contributed by atoms with Crippen LogP contribution in [0.2, 0.25) is 0 Å². The molecule has 1 rings (SSSR count). The highest BCUT2D eigenvalue weighted by Crippen LogP contribution is 2.12. The average molecular weight is 279 g/mol. The van der Waals surface area contributed by atoms with Gasteiger partial charge in [-0.05, 0) is 25.5 Å². The molecule has 2 N–H and O–H groups in total. The molecule has 1 aromatic rings. The van der Waals surface area contributed by atoms with Gasteiger partial charge in [-0.2, -0.15) is 0 Å². The van der Waals surface area contributed by atoms with Gasteiger partial charge in [-0.1, -0.05) is 6.92 Å². The molecule has 0 radical (unpaired) electrons. The smallest absolute Gasteiger partial charge is 0.341 e. The molecule has 1 heterocycles. The Morgan fingerprint density at radius 2 is 2.10 bits per heavy atom. The lowest BCUT2D eigenvalue weighted by molar-refractivity contribution is -0.120. The predicted molar refractivity (Wildman–Crippen MR) is 76.6 cm³/mol. The number of rotatable bonds is 8. The predicted octanol–water partition coefficient (Wildman–Crippen LogP) is 1.59. The second kappa shape index (κ2) is 8.90. The Morgan fingerprint density at radius 1 is 1.30 bits per heavy atom. The quantitative estimate of drug-likeness (QED) is 0.706. The molecule has 0 aliphatic heterocycles. The van der Waals surface area contributed by atoms with Crippen LogP contribution in [0.1, 0.15) is 37.0 Å². The van der Waals surface area contributed by atoms with Gasteiger partial charge in [-0.3, -0.25) is 4.79 Å². The van der Waals surface area contributed by atoms with Crippen molar-refractivity contribution >= 4 is 17.7 Å². The number of hydrogen-bond acceptors (Lipinski definition) is 5. The maximum absolute atomic E-state index is 11.7. The highest BCUT2D eigenvalue weighted by Gasteiger charge is 2.12. The largest absolute Gasteiger partial charge is 0.462 e. The van der Waals surface area contributed by atoms with E-state index in [4.69, 9.17) is 4.74 Å². The molecule has 0 saturated carbocycles. The van der Waals surface area contributed by atoms with Gasteiger partial charge in [-0.25, -0.2) is 9.78 Å². The van der Waals surface area contributed by atoms with Gasteiger partial charge >= 0.3 is 5.97 Å². The number of nitrogens with zero attached hydrogens (tertiary/aromatic N) is 1. The molecular weight excluding hydrogens is 258 g/mol. The van der Waals surface area contributed by atoms with Gasteiger partial charge in [0.25, 0.3) is 0 Å². The van der Waals surface area contributed by atoms with Crippen LogP contribution >= 0.6 is 0 Å². The van der Waals surface area contributed by atoms with E-state index < -0.39 is 5.97 Å². The molecule has 0 aliphatic carbocycles. The number of nitrogens with one attached hydrogen (secondary N) is 2. The molecule has 0 aliphatic rings. The average Bonchev–Trinajstić information content (AvgIpc) is 2.46. The fourth-order valence-electron chi connectivity index (χ4n) is 1.57. The van der Waals surface area contributed by atoms with Gasteiger partial charge in [0.15, 0.2) is 0 Å². The third-order valence-corrected chi connectivity index (χ3v) is 2.52. The Kier molecular flexibility index (Phi) is 7.10. The summed E-state index contributed by atoms with van der Waals surface area (Å²) in [5.74, 6) is 0.000687. The highest BCUT2D eigenvalue weighted by atomic mass is 16.5. The van der Waals surface area contributed by atoms with Crippen molar-refractivity contribution in [3.05, 3.63) is 23.9 Å². The highest BCUT2D eigenvalue weighted by molar-refractivity contribution is 5.94. The van der Waals surface area contributed by atoms with E-state index in [1.165, 1.54) is 0 Å². The van der Waals surface area contributed by atoms with Crippen LogP contribution in [0.25, 0.3) is 0 Å². The molecule has 0 spiro atoms. The number of hydrogen-bond donors (Lipinski definition) is 2. The normalized spacial score (nSPS) is 9.90. The van der Waals surface area contributed by atoms with Gasteiger partial charge in [0.2, 0.25) is 5.91 Å². The van der Waals surface area contributed by atoms with E-state index in [1.807, 2.05) is 6.92 Å². The number of anilines is 1. The maximum Gasteiger partial charge on any atom is 0.341 e. The molecule has 0 bridgehead atoms. The summed E-state index contributed by atoms with van der Waals surface area (Å²) < 4.78 is 4.95. The summed E-state index contributed by atoms with van der Waals surface area (Å²) in [7, 11) is 0. The fraction of sp³-hybridized carbons (Fsp3) is 0.500. The van der Waals surface area contributed by atoms with Crippen LogP contribution in [-0.2, 0) is 9.53 Å². The lowest BCUT2D eigenvalue weighted by Crippen LogP contribution is -2.26. The number of amides is 1. The number of ether oxygens (including phenoxy) is 1. The molecule has 110 valence electrons. The Balaban J connectivity index is 2.51.